The van der Waals surface area contributed by atoms with Gasteiger partial charge in [-0.05, 0) is 12.8 Å². The largest absolute Gasteiger partial charge is 0.198 e. The molecule has 0 fully saturated rings. The zero-order valence-electron chi connectivity index (χ0n) is 9.40. The summed E-state index contributed by atoms with van der Waals surface area (Å²) >= 11 is 0. The van der Waals surface area contributed by atoms with Crippen LogP contribution in [0.1, 0.15) is 39.0 Å². The Morgan fingerprint density at radius 1 is 1.12 bits per heavy atom. The lowest BCUT2D eigenvalue weighted by atomic mass is 9.73. The number of nitrogens with zero attached hydrogens (tertiary/aromatic N) is 4. The predicted octanol–water partition coefficient (Wildman–Crippen LogP) is 2.65. The van der Waals surface area contributed by atoms with E-state index in [-0.39, 0.29) is 12.8 Å². The topological polar surface area (TPSA) is 95.2 Å². The van der Waals surface area contributed by atoms with Crippen molar-refractivity contribution in [3.05, 3.63) is 0 Å². The molecule has 0 aliphatic rings. The van der Waals surface area contributed by atoms with E-state index in [4.69, 9.17) is 21.0 Å². The minimum Gasteiger partial charge on any atom is -0.198 e. The van der Waals surface area contributed by atoms with Crippen LogP contribution in [0.3, 0.4) is 0 Å². The Labute approximate surface area is 96.3 Å². The van der Waals surface area contributed by atoms with E-state index in [2.05, 4.69) is 0 Å². The van der Waals surface area contributed by atoms with Crippen LogP contribution in [0.2, 0.25) is 0 Å². The maximum atomic E-state index is 9.07. The molecule has 0 aliphatic carbocycles. The van der Waals surface area contributed by atoms with E-state index in [1.54, 1.807) is 0 Å². The van der Waals surface area contributed by atoms with Gasteiger partial charge in [-0.15, -0.1) is 0 Å². The lowest BCUT2D eigenvalue weighted by Crippen LogP contribution is -2.26. The van der Waals surface area contributed by atoms with Crippen LogP contribution in [0, 0.1) is 56.7 Å². The van der Waals surface area contributed by atoms with Crippen molar-refractivity contribution < 1.29 is 0 Å². The highest BCUT2D eigenvalue weighted by Gasteiger charge is 2.39. The van der Waals surface area contributed by atoms with Crippen LogP contribution < -0.4 is 0 Å². The first-order chi connectivity index (χ1) is 7.70. The molecule has 0 radical (unpaired) electrons. The zero-order valence-corrected chi connectivity index (χ0v) is 9.40. The third-order valence-electron chi connectivity index (χ3n) is 2.63. The Balaban J connectivity index is 4.89. The van der Waals surface area contributed by atoms with Gasteiger partial charge in [0, 0.05) is 6.42 Å². The fourth-order valence-corrected chi connectivity index (χ4v) is 1.55. The van der Waals surface area contributed by atoms with Crippen LogP contribution in [-0.4, -0.2) is 0 Å². The number of unbranched alkanes of at least 4 members (excludes halogenated alkanes) is 1. The van der Waals surface area contributed by atoms with Crippen molar-refractivity contribution in [1.29, 1.82) is 21.0 Å². The standard InChI is InChI=1S/C12H14N4/c1-2-3-5-11(8-14)12(9-15,10-16)6-4-7-13/h11H,2-6H2,1H3. The van der Waals surface area contributed by atoms with Gasteiger partial charge in [0.05, 0.1) is 30.2 Å². The summed E-state index contributed by atoms with van der Waals surface area (Å²) in [6.07, 6.45) is 2.56. The van der Waals surface area contributed by atoms with Crippen molar-refractivity contribution in [1.82, 2.24) is 0 Å². The summed E-state index contributed by atoms with van der Waals surface area (Å²) in [6, 6.07) is 7.80. The monoisotopic (exact) mass is 214 g/mol. The second-order valence-corrected chi connectivity index (χ2v) is 3.68. The van der Waals surface area contributed by atoms with Crippen molar-refractivity contribution in [2.45, 2.75) is 39.0 Å². The summed E-state index contributed by atoms with van der Waals surface area (Å²) in [4.78, 5) is 0. The van der Waals surface area contributed by atoms with Crippen molar-refractivity contribution in [3.8, 4) is 24.3 Å². The second-order valence-electron chi connectivity index (χ2n) is 3.68. The van der Waals surface area contributed by atoms with Crippen molar-refractivity contribution in [3.63, 3.8) is 0 Å². The average Bonchev–Trinajstić information content (AvgIpc) is 2.34. The Hall–Kier alpha value is -2.04. The summed E-state index contributed by atoms with van der Waals surface area (Å²) in [5.74, 6) is -0.601. The van der Waals surface area contributed by atoms with Crippen LogP contribution in [0.4, 0.5) is 0 Å². The molecule has 0 aliphatic heterocycles. The quantitative estimate of drug-likeness (QED) is 0.678. The molecule has 4 nitrogen and oxygen atoms in total. The molecule has 1 atom stereocenters. The molecule has 0 aromatic carbocycles. The van der Waals surface area contributed by atoms with Gasteiger partial charge in [0.2, 0.25) is 0 Å². The lowest BCUT2D eigenvalue weighted by molar-refractivity contribution is 0.339. The summed E-state index contributed by atoms with van der Waals surface area (Å²) < 4.78 is 0. The van der Waals surface area contributed by atoms with Gasteiger partial charge in [0.1, 0.15) is 0 Å². The molecule has 0 aromatic heterocycles. The Bertz CT molecular complexity index is 358. The van der Waals surface area contributed by atoms with Gasteiger partial charge in [0.25, 0.3) is 0 Å². The fourth-order valence-electron chi connectivity index (χ4n) is 1.55. The summed E-state index contributed by atoms with van der Waals surface area (Å²) in [5.41, 5.74) is -1.32. The molecule has 1 unspecified atom stereocenters. The van der Waals surface area contributed by atoms with E-state index < -0.39 is 11.3 Å². The number of hydrogen-bond acceptors (Lipinski definition) is 4. The molecule has 0 saturated heterocycles. The SMILES string of the molecule is CCCCC(C#N)C(C#N)(C#N)CCC#N. The van der Waals surface area contributed by atoms with Crippen molar-refractivity contribution in [2.75, 3.05) is 0 Å². The molecular formula is C12H14N4. The van der Waals surface area contributed by atoms with Gasteiger partial charge in [-0.1, -0.05) is 19.8 Å². The molecule has 0 rings (SSSR count). The van der Waals surface area contributed by atoms with Gasteiger partial charge in [-0.2, -0.15) is 21.0 Å². The van der Waals surface area contributed by atoms with Gasteiger partial charge < -0.3 is 0 Å². The zero-order chi connectivity index (χ0) is 12.4. The fraction of sp³-hybridized carbons (Fsp3) is 0.667. The molecule has 0 aromatic rings. The summed E-state index contributed by atoms with van der Waals surface area (Å²) in [5, 5.41) is 35.7. The third kappa shape index (κ3) is 3.27. The van der Waals surface area contributed by atoms with E-state index in [1.165, 1.54) is 0 Å². The lowest BCUT2D eigenvalue weighted by Gasteiger charge is -2.22. The van der Waals surface area contributed by atoms with E-state index in [1.807, 2.05) is 31.2 Å². The molecule has 16 heavy (non-hydrogen) atoms. The maximum absolute atomic E-state index is 9.07. The van der Waals surface area contributed by atoms with Crippen LogP contribution in [0.15, 0.2) is 0 Å². The van der Waals surface area contributed by atoms with Gasteiger partial charge in [-0.25, -0.2) is 0 Å². The van der Waals surface area contributed by atoms with Crippen LogP contribution in [-0.2, 0) is 0 Å². The van der Waals surface area contributed by atoms with Crippen LogP contribution in [0.25, 0.3) is 0 Å². The normalized spacial score (nSPS) is 11.6. The van der Waals surface area contributed by atoms with Gasteiger partial charge in [-0.3, -0.25) is 0 Å². The van der Waals surface area contributed by atoms with Gasteiger partial charge >= 0.3 is 0 Å². The third-order valence-corrected chi connectivity index (χ3v) is 2.63. The summed E-state index contributed by atoms with van der Waals surface area (Å²) in [6.45, 7) is 1.99. The molecule has 0 saturated carbocycles. The Kier molecular flexibility index (Phi) is 6.35. The average molecular weight is 214 g/mol. The van der Waals surface area contributed by atoms with Crippen molar-refractivity contribution >= 4 is 0 Å². The van der Waals surface area contributed by atoms with Crippen LogP contribution in [0.5, 0.6) is 0 Å². The summed E-state index contributed by atoms with van der Waals surface area (Å²) in [7, 11) is 0. The molecule has 0 heterocycles. The van der Waals surface area contributed by atoms with E-state index >= 15 is 0 Å². The minimum atomic E-state index is -1.32. The first-order valence-corrected chi connectivity index (χ1v) is 5.29. The van der Waals surface area contributed by atoms with E-state index in [9.17, 15) is 0 Å². The number of rotatable bonds is 6. The molecule has 0 amide bonds. The smallest absolute Gasteiger partial charge is 0.160 e. The second kappa shape index (κ2) is 7.28. The first kappa shape index (κ1) is 14.0. The maximum Gasteiger partial charge on any atom is 0.160 e. The molecule has 0 N–H and O–H groups in total. The van der Waals surface area contributed by atoms with Crippen LogP contribution >= 0.6 is 0 Å². The first-order valence-electron chi connectivity index (χ1n) is 5.29. The number of nitriles is 4. The van der Waals surface area contributed by atoms with E-state index in [0.717, 1.165) is 12.8 Å². The minimum absolute atomic E-state index is 0.130. The highest BCUT2D eigenvalue weighted by Crippen LogP contribution is 2.34. The number of hydrogen-bond donors (Lipinski definition) is 0. The molecule has 4 heteroatoms. The van der Waals surface area contributed by atoms with Crippen molar-refractivity contribution in [2.24, 2.45) is 11.3 Å². The molecular weight excluding hydrogens is 200 g/mol. The highest BCUT2D eigenvalue weighted by atomic mass is 14.5. The molecule has 0 spiro atoms. The highest BCUT2D eigenvalue weighted by molar-refractivity contribution is 5.21. The van der Waals surface area contributed by atoms with Gasteiger partial charge in [0.15, 0.2) is 5.41 Å². The molecule has 0 bridgehead atoms. The molecule has 82 valence electrons. The Morgan fingerprint density at radius 3 is 2.12 bits per heavy atom. The van der Waals surface area contributed by atoms with E-state index in [0.29, 0.717) is 6.42 Å². The Morgan fingerprint density at radius 2 is 1.75 bits per heavy atom. The predicted molar refractivity (Wildman–Crippen MR) is 57.1 cm³/mol.